The summed E-state index contributed by atoms with van der Waals surface area (Å²) < 4.78 is 1.92. The average molecular weight is 416 g/mol. The second-order valence-electron chi connectivity index (χ2n) is 8.15. The minimum atomic E-state index is -0.172. The van der Waals surface area contributed by atoms with Gasteiger partial charge >= 0.3 is 0 Å². The van der Waals surface area contributed by atoms with Crippen LogP contribution >= 0.6 is 11.8 Å². The number of nitrogens with zero attached hydrogens (tertiary/aromatic N) is 4. The maximum Gasteiger partial charge on any atom is 0.255 e. The van der Waals surface area contributed by atoms with Crippen molar-refractivity contribution in [3.63, 3.8) is 0 Å². The van der Waals surface area contributed by atoms with Crippen molar-refractivity contribution in [3.8, 4) is 0 Å². The van der Waals surface area contributed by atoms with Gasteiger partial charge < -0.3 is 14.8 Å². The smallest absolute Gasteiger partial charge is 0.255 e. The molecule has 2 unspecified atom stereocenters. The van der Waals surface area contributed by atoms with E-state index < -0.39 is 0 Å². The van der Waals surface area contributed by atoms with Crippen LogP contribution in [0.3, 0.4) is 0 Å². The number of likely N-dealkylation sites (tertiary alicyclic amines) is 1. The Bertz CT molecular complexity index is 856. The summed E-state index contributed by atoms with van der Waals surface area (Å²) in [6, 6.07) is 7.45. The van der Waals surface area contributed by atoms with E-state index in [1.165, 1.54) is 11.8 Å². The van der Waals surface area contributed by atoms with Crippen molar-refractivity contribution >= 4 is 29.3 Å². The van der Waals surface area contributed by atoms with Gasteiger partial charge in [-0.2, -0.15) is 0 Å². The Kier molecular flexibility index (Phi) is 6.95. The van der Waals surface area contributed by atoms with Crippen molar-refractivity contribution in [1.82, 2.24) is 19.7 Å². The number of hydrogen-bond acceptors (Lipinski definition) is 5. The van der Waals surface area contributed by atoms with Gasteiger partial charge in [0.05, 0.1) is 17.0 Å². The fourth-order valence-electron chi connectivity index (χ4n) is 3.78. The van der Waals surface area contributed by atoms with Crippen LogP contribution < -0.4 is 5.32 Å². The van der Waals surface area contributed by atoms with E-state index in [0.717, 1.165) is 19.5 Å². The Hall–Kier alpha value is -2.35. The lowest BCUT2D eigenvalue weighted by Crippen LogP contribution is -2.42. The van der Waals surface area contributed by atoms with Gasteiger partial charge in [0.1, 0.15) is 6.33 Å². The van der Waals surface area contributed by atoms with Gasteiger partial charge in [-0.05, 0) is 44.2 Å². The van der Waals surface area contributed by atoms with Gasteiger partial charge in [0.2, 0.25) is 5.91 Å². The number of piperidine rings is 1. The molecule has 1 aliphatic rings. The summed E-state index contributed by atoms with van der Waals surface area (Å²) in [5.41, 5.74) is 1.09. The number of thioether (sulfide) groups is 1. The summed E-state index contributed by atoms with van der Waals surface area (Å²) in [5.74, 6) is 0.977. The average Bonchev–Trinajstić information content (AvgIpc) is 3.14. The molecule has 156 valence electrons. The first kappa shape index (κ1) is 21.4. The van der Waals surface area contributed by atoms with Crippen LogP contribution in [-0.2, 0) is 4.79 Å². The zero-order valence-electron chi connectivity index (χ0n) is 17.5. The van der Waals surface area contributed by atoms with E-state index in [1.54, 1.807) is 18.5 Å². The fourth-order valence-corrected chi connectivity index (χ4v) is 4.63. The Morgan fingerprint density at radius 3 is 2.59 bits per heavy atom. The molecule has 1 saturated heterocycles. The number of para-hydroxylation sites is 1. The van der Waals surface area contributed by atoms with Crippen molar-refractivity contribution < 1.29 is 9.59 Å². The molecule has 2 aromatic rings. The molecule has 2 heterocycles. The van der Waals surface area contributed by atoms with Gasteiger partial charge in [0.25, 0.3) is 5.91 Å². The molecule has 29 heavy (non-hydrogen) atoms. The van der Waals surface area contributed by atoms with Crippen molar-refractivity contribution in [3.05, 3.63) is 36.2 Å². The molecule has 0 aliphatic carbocycles. The molecule has 1 aromatic heterocycles. The standard InChI is InChI=1S/C21H29N5O2S/c1-14(2)26-13-22-24-21(26)29-12-19(27)23-18-8-6-5-7-17(18)20(28)25-10-15(3)9-16(4)11-25/h5-8,13-16H,9-12H2,1-4H3,(H,23,27). The van der Waals surface area contributed by atoms with E-state index in [1.807, 2.05) is 35.4 Å². The molecule has 2 amide bonds. The third kappa shape index (κ3) is 5.38. The minimum Gasteiger partial charge on any atom is -0.338 e. The van der Waals surface area contributed by atoms with Gasteiger partial charge in [-0.3, -0.25) is 9.59 Å². The monoisotopic (exact) mass is 415 g/mol. The summed E-state index contributed by atoms with van der Waals surface area (Å²) in [5, 5.41) is 11.6. The van der Waals surface area contributed by atoms with Crippen LogP contribution in [0.5, 0.6) is 0 Å². The quantitative estimate of drug-likeness (QED) is 0.728. The molecule has 8 heteroatoms. The molecular formula is C21H29N5O2S. The van der Waals surface area contributed by atoms with E-state index >= 15 is 0 Å². The predicted molar refractivity (Wildman–Crippen MR) is 115 cm³/mol. The molecule has 0 bridgehead atoms. The SMILES string of the molecule is CC1CC(C)CN(C(=O)c2ccccc2NC(=O)CSc2nncn2C(C)C)C1. The maximum absolute atomic E-state index is 13.1. The number of carbonyl (C=O) groups excluding carboxylic acids is 2. The number of carbonyl (C=O) groups is 2. The van der Waals surface area contributed by atoms with Crippen LogP contribution in [0.25, 0.3) is 0 Å². The highest BCUT2D eigenvalue weighted by molar-refractivity contribution is 7.99. The molecule has 0 spiro atoms. The van der Waals surface area contributed by atoms with E-state index in [-0.39, 0.29) is 23.6 Å². The lowest BCUT2D eigenvalue weighted by atomic mass is 9.91. The largest absolute Gasteiger partial charge is 0.338 e. The van der Waals surface area contributed by atoms with Gasteiger partial charge in [-0.25, -0.2) is 0 Å². The number of anilines is 1. The highest BCUT2D eigenvalue weighted by Crippen LogP contribution is 2.25. The Labute approximate surface area is 176 Å². The van der Waals surface area contributed by atoms with Crippen LogP contribution in [0.2, 0.25) is 0 Å². The molecule has 1 aromatic carbocycles. The fraction of sp³-hybridized carbons (Fsp3) is 0.524. The van der Waals surface area contributed by atoms with E-state index in [9.17, 15) is 9.59 Å². The Morgan fingerprint density at radius 2 is 1.90 bits per heavy atom. The van der Waals surface area contributed by atoms with Gasteiger partial charge in [-0.1, -0.05) is 37.7 Å². The maximum atomic E-state index is 13.1. The molecular weight excluding hydrogens is 386 g/mol. The summed E-state index contributed by atoms with van der Waals surface area (Å²) in [7, 11) is 0. The second-order valence-corrected chi connectivity index (χ2v) is 9.10. The van der Waals surface area contributed by atoms with E-state index in [2.05, 4.69) is 29.4 Å². The highest BCUT2D eigenvalue weighted by Gasteiger charge is 2.27. The molecule has 1 fully saturated rings. The van der Waals surface area contributed by atoms with Crippen LogP contribution in [-0.4, -0.2) is 50.3 Å². The molecule has 2 atom stereocenters. The number of nitrogens with one attached hydrogen (secondary N) is 1. The van der Waals surface area contributed by atoms with E-state index in [0.29, 0.717) is 28.2 Å². The number of aromatic nitrogens is 3. The Balaban J connectivity index is 1.66. The number of benzene rings is 1. The first-order chi connectivity index (χ1) is 13.8. The minimum absolute atomic E-state index is 0.0218. The molecule has 1 N–H and O–H groups in total. The number of rotatable bonds is 6. The molecule has 3 rings (SSSR count). The third-order valence-electron chi connectivity index (χ3n) is 5.02. The summed E-state index contributed by atoms with van der Waals surface area (Å²) in [6.45, 7) is 9.95. The predicted octanol–water partition coefficient (Wildman–Crippen LogP) is 3.71. The first-order valence-electron chi connectivity index (χ1n) is 10.1. The lowest BCUT2D eigenvalue weighted by Gasteiger charge is -2.35. The first-order valence-corrected chi connectivity index (χ1v) is 11.0. The van der Waals surface area contributed by atoms with Crippen molar-refractivity contribution in [2.24, 2.45) is 11.8 Å². The lowest BCUT2D eigenvalue weighted by molar-refractivity contribution is -0.113. The second kappa shape index (κ2) is 9.43. The van der Waals surface area contributed by atoms with Gasteiger partial charge in [0, 0.05) is 19.1 Å². The van der Waals surface area contributed by atoms with Crippen molar-refractivity contribution in [2.45, 2.75) is 45.3 Å². The zero-order chi connectivity index (χ0) is 21.0. The highest BCUT2D eigenvalue weighted by atomic mass is 32.2. The molecule has 0 saturated carbocycles. The summed E-state index contributed by atoms with van der Waals surface area (Å²) >= 11 is 1.33. The van der Waals surface area contributed by atoms with Gasteiger partial charge in [0.15, 0.2) is 5.16 Å². The number of hydrogen-bond donors (Lipinski definition) is 1. The van der Waals surface area contributed by atoms with Crippen LogP contribution in [0.1, 0.15) is 50.5 Å². The van der Waals surface area contributed by atoms with Gasteiger partial charge in [-0.15, -0.1) is 10.2 Å². The van der Waals surface area contributed by atoms with Crippen LogP contribution in [0, 0.1) is 11.8 Å². The van der Waals surface area contributed by atoms with Crippen LogP contribution in [0.15, 0.2) is 35.7 Å². The zero-order valence-corrected chi connectivity index (χ0v) is 18.3. The Morgan fingerprint density at radius 1 is 1.21 bits per heavy atom. The van der Waals surface area contributed by atoms with E-state index in [4.69, 9.17) is 0 Å². The van der Waals surface area contributed by atoms with Crippen molar-refractivity contribution in [1.29, 1.82) is 0 Å². The topological polar surface area (TPSA) is 80.1 Å². The van der Waals surface area contributed by atoms with Crippen molar-refractivity contribution in [2.75, 3.05) is 24.2 Å². The molecule has 1 aliphatic heterocycles. The normalized spacial score (nSPS) is 19.4. The summed E-state index contributed by atoms with van der Waals surface area (Å²) in [6.07, 6.45) is 2.81. The summed E-state index contributed by atoms with van der Waals surface area (Å²) in [4.78, 5) is 27.5. The third-order valence-corrected chi connectivity index (χ3v) is 5.97. The molecule has 7 nitrogen and oxygen atoms in total. The number of amides is 2. The molecule has 0 radical (unpaired) electrons. The van der Waals surface area contributed by atoms with Crippen LogP contribution in [0.4, 0.5) is 5.69 Å².